The summed E-state index contributed by atoms with van der Waals surface area (Å²) in [6.45, 7) is 7.93. The Kier molecular flexibility index (Phi) is 5.32. The van der Waals surface area contributed by atoms with E-state index >= 15 is 0 Å². The maximum absolute atomic E-state index is 11.6. The molecule has 1 fully saturated rings. The molecule has 4 heteroatoms. The predicted octanol–water partition coefficient (Wildman–Crippen LogP) is 2.35. The van der Waals surface area contributed by atoms with Crippen LogP contribution in [0.2, 0.25) is 0 Å². The first kappa shape index (κ1) is 15.2. The van der Waals surface area contributed by atoms with Crippen molar-refractivity contribution < 1.29 is 19.1 Å². The van der Waals surface area contributed by atoms with E-state index in [0.717, 1.165) is 19.1 Å². The third-order valence-corrected chi connectivity index (χ3v) is 3.22. The predicted molar refractivity (Wildman–Crippen MR) is 68.2 cm³/mol. The van der Waals surface area contributed by atoms with Gasteiger partial charge in [-0.15, -0.1) is 0 Å². The molecule has 1 aliphatic rings. The van der Waals surface area contributed by atoms with Crippen LogP contribution in [-0.4, -0.2) is 31.1 Å². The Morgan fingerprint density at radius 3 is 2.67 bits per heavy atom. The van der Waals surface area contributed by atoms with Crippen molar-refractivity contribution in [2.45, 2.75) is 59.2 Å². The SMILES string of the molecule is C[C@H]1C[C@H](COC(=O)C(C)(C)C)O[C@H]1CCC=O. The summed E-state index contributed by atoms with van der Waals surface area (Å²) in [4.78, 5) is 22.0. The first-order valence-electron chi connectivity index (χ1n) is 6.61. The molecule has 0 spiro atoms. The molecule has 0 unspecified atom stereocenters. The molecule has 1 aliphatic heterocycles. The standard InChI is InChI=1S/C14H24O4/c1-10-8-11(18-12(10)6-5-7-15)9-17-13(16)14(2,3)4/h7,10-12H,5-6,8-9H2,1-4H3/t10-,11+,12-/m0/s1. The Morgan fingerprint density at radius 2 is 2.11 bits per heavy atom. The van der Waals surface area contributed by atoms with Crippen LogP contribution in [0.1, 0.15) is 47.0 Å². The summed E-state index contributed by atoms with van der Waals surface area (Å²) in [7, 11) is 0. The van der Waals surface area contributed by atoms with Crippen LogP contribution < -0.4 is 0 Å². The monoisotopic (exact) mass is 256 g/mol. The van der Waals surface area contributed by atoms with Gasteiger partial charge in [0.25, 0.3) is 0 Å². The molecule has 1 rings (SSSR count). The van der Waals surface area contributed by atoms with Gasteiger partial charge in [0.15, 0.2) is 0 Å². The van der Waals surface area contributed by atoms with Crippen LogP contribution in [0.4, 0.5) is 0 Å². The summed E-state index contributed by atoms with van der Waals surface area (Å²) in [5.41, 5.74) is -0.471. The summed E-state index contributed by atoms with van der Waals surface area (Å²) in [5, 5.41) is 0. The molecule has 0 aromatic carbocycles. The molecule has 0 radical (unpaired) electrons. The zero-order valence-corrected chi connectivity index (χ0v) is 11.8. The van der Waals surface area contributed by atoms with Crippen LogP contribution in [0, 0.1) is 11.3 Å². The van der Waals surface area contributed by atoms with E-state index in [0.29, 0.717) is 18.9 Å². The topological polar surface area (TPSA) is 52.6 Å². The molecular weight excluding hydrogens is 232 g/mol. The minimum Gasteiger partial charge on any atom is -0.463 e. The first-order chi connectivity index (χ1) is 8.34. The lowest BCUT2D eigenvalue weighted by Crippen LogP contribution is -2.27. The quantitative estimate of drug-likeness (QED) is 0.559. The normalized spacial score (nSPS) is 28.1. The highest BCUT2D eigenvalue weighted by atomic mass is 16.6. The van der Waals surface area contributed by atoms with Crippen molar-refractivity contribution in [1.82, 2.24) is 0 Å². The summed E-state index contributed by atoms with van der Waals surface area (Å²) < 4.78 is 11.1. The van der Waals surface area contributed by atoms with Gasteiger partial charge in [0.2, 0.25) is 0 Å². The Balaban J connectivity index is 2.33. The number of hydrogen-bond acceptors (Lipinski definition) is 4. The average Bonchev–Trinajstić information content (AvgIpc) is 2.63. The lowest BCUT2D eigenvalue weighted by atomic mass is 9.97. The highest BCUT2D eigenvalue weighted by Gasteiger charge is 2.33. The van der Waals surface area contributed by atoms with E-state index in [1.54, 1.807) is 0 Å². The highest BCUT2D eigenvalue weighted by molar-refractivity contribution is 5.75. The van der Waals surface area contributed by atoms with Crippen molar-refractivity contribution in [3.8, 4) is 0 Å². The number of ether oxygens (including phenoxy) is 2. The maximum Gasteiger partial charge on any atom is 0.311 e. The molecule has 0 saturated carbocycles. The molecule has 0 aliphatic carbocycles. The van der Waals surface area contributed by atoms with Gasteiger partial charge in [-0.3, -0.25) is 4.79 Å². The summed E-state index contributed by atoms with van der Waals surface area (Å²) >= 11 is 0. The zero-order chi connectivity index (χ0) is 13.8. The van der Waals surface area contributed by atoms with Gasteiger partial charge in [-0.1, -0.05) is 6.92 Å². The van der Waals surface area contributed by atoms with Gasteiger partial charge >= 0.3 is 5.97 Å². The third-order valence-electron chi connectivity index (χ3n) is 3.22. The lowest BCUT2D eigenvalue weighted by molar-refractivity contribution is -0.156. The fraction of sp³-hybridized carbons (Fsp3) is 0.857. The van der Waals surface area contributed by atoms with E-state index in [2.05, 4.69) is 6.92 Å². The minimum absolute atomic E-state index is 0.0250. The van der Waals surface area contributed by atoms with Crippen LogP contribution in [0.15, 0.2) is 0 Å². The molecule has 3 atom stereocenters. The van der Waals surface area contributed by atoms with Crippen molar-refractivity contribution in [2.24, 2.45) is 11.3 Å². The first-order valence-corrected chi connectivity index (χ1v) is 6.61. The van der Waals surface area contributed by atoms with Gasteiger partial charge in [0.1, 0.15) is 12.9 Å². The van der Waals surface area contributed by atoms with Crippen molar-refractivity contribution in [2.75, 3.05) is 6.61 Å². The van der Waals surface area contributed by atoms with Crippen molar-refractivity contribution in [3.05, 3.63) is 0 Å². The van der Waals surface area contributed by atoms with Crippen molar-refractivity contribution in [1.29, 1.82) is 0 Å². The lowest BCUT2D eigenvalue weighted by Gasteiger charge is -2.19. The summed E-state index contributed by atoms with van der Waals surface area (Å²) in [6.07, 6.45) is 3.19. The van der Waals surface area contributed by atoms with E-state index in [1.807, 2.05) is 20.8 Å². The van der Waals surface area contributed by atoms with Crippen molar-refractivity contribution >= 4 is 12.3 Å². The molecule has 0 N–H and O–H groups in total. The van der Waals surface area contributed by atoms with Gasteiger partial charge < -0.3 is 14.3 Å². The zero-order valence-electron chi connectivity index (χ0n) is 11.8. The Morgan fingerprint density at radius 1 is 1.44 bits per heavy atom. The molecule has 18 heavy (non-hydrogen) atoms. The number of hydrogen-bond donors (Lipinski definition) is 0. The second-order valence-corrected chi connectivity index (χ2v) is 6.10. The van der Waals surface area contributed by atoms with Crippen molar-refractivity contribution in [3.63, 3.8) is 0 Å². The number of esters is 1. The molecule has 1 saturated heterocycles. The smallest absolute Gasteiger partial charge is 0.311 e. The van der Waals surface area contributed by atoms with E-state index in [9.17, 15) is 9.59 Å². The molecule has 4 nitrogen and oxygen atoms in total. The van der Waals surface area contributed by atoms with Crippen LogP contribution in [0.3, 0.4) is 0 Å². The Bertz CT molecular complexity index is 293. The maximum atomic E-state index is 11.6. The Labute approximate surface area is 109 Å². The second kappa shape index (κ2) is 6.32. The molecule has 0 aromatic heterocycles. The van der Waals surface area contributed by atoms with Gasteiger partial charge in [-0.05, 0) is 39.5 Å². The largest absolute Gasteiger partial charge is 0.463 e. The van der Waals surface area contributed by atoms with E-state index < -0.39 is 5.41 Å². The van der Waals surface area contributed by atoms with E-state index in [4.69, 9.17) is 9.47 Å². The second-order valence-electron chi connectivity index (χ2n) is 6.10. The molecule has 0 amide bonds. The number of carbonyl (C=O) groups is 2. The van der Waals surface area contributed by atoms with Gasteiger partial charge in [-0.25, -0.2) is 0 Å². The molecular formula is C14H24O4. The third kappa shape index (κ3) is 4.41. The molecule has 0 bridgehead atoms. The number of rotatable bonds is 5. The van der Waals surface area contributed by atoms with Gasteiger partial charge in [0, 0.05) is 6.42 Å². The highest BCUT2D eigenvalue weighted by Crippen LogP contribution is 2.29. The van der Waals surface area contributed by atoms with Crippen LogP contribution in [0.25, 0.3) is 0 Å². The van der Waals surface area contributed by atoms with Crippen LogP contribution in [-0.2, 0) is 19.1 Å². The molecule has 1 heterocycles. The van der Waals surface area contributed by atoms with Crippen LogP contribution in [0.5, 0.6) is 0 Å². The van der Waals surface area contributed by atoms with Crippen LogP contribution >= 0.6 is 0 Å². The fourth-order valence-electron chi connectivity index (χ4n) is 2.08. The minimum atomic E-state index is -0.471. The molecule has 0 aromatic rings. The summed E-state index contributed by atoms with van der Waals surface area (Å²) in [5.74, 6) is 0.221. The molecule has 104 valence electrons. The van der Waals surface area contributed by atoms with Gasteiger partial charge in [0.05, 0.1) is 17.6 Å². The number of aldehydes is 1. The van der Waals surface area contributed by atoms with Gasteiger partial charge in [-0.2, -0.15) is 0 Å². The fourth-order valence-corrected chi connectivity index (χ4v) is 2.08. The van der Waals surface area contributed by atoms with E-state index in [1.165, 1.54) is 0 Å². The Hall–Kier alpha value is -0.900. The summed E-state index contributed by atoms with van der Waals surface area (Å²) in [6, 6.07) is 0. The van der Waals surface area contributed by atoms with E-state index in [-0.39, 0.29) is 18.2 Å². The number of carbonyl (C=O) groups excluding carboxylic acids is 2. The average molecular weight is 256 g/mol.